The molecule has 6 heteroatoms. The summed E-state index contributed by atoms with van der Waals surface area (Å²) in [5.41, 5.74) is 0. The summed E-state index contributed by atoms with van der Waals surface area (Å²) in [6.07, 6.45) is 4.83. The minimum absolute atomic E-state index is 0.0421. The van der Waals surface area contributed by atoms with E-state index >= 15 is 0 Å². The first kappa shape index (κ1) is 29.0. The maximum Gasteiger partial charge on any atom is 0.261 e. The zero-order valence-corrected chi connectivity index (χ0v) is 25.6. The molecule has 1 N–H and O–H groups in total. The first-order valence-electron chi connectivity index (χ1n) is 14.9. The Hall–Kier alpha value is -1.54. The van der Waals surface area contributed by atoms with Crippen molar-refractivity contribution < 1.29 is 23.7 Å². The van der Waals surface area contributed by atoms with Crippen LogP contribution >= 0.6 is 0 Å². The van der Waals surface area contributed by atoms with E-state index in [0.717, 1.165) is 32.1 Å². The van der Waals surface area contributed by atoms with Gasteiger partial charge in [0, 0.05) is 13.0 Å². The molecule has 0 radical (unpaired) electrons. The number of hydrogen-bond donors (Lipinski definition) is 1. The molecule has 5 nitrogen and oxygen atoms in total. The summed E-state index contributed by atoms with van der Waals surface area (Å²) in [4.78, 5) is 0. The number of ether oxygens (including phenoxy) is 3. The van der Waals surface area contributed by atoms with Crippen molar-refractivity contribution in [3.63, 3.8) is 0 Å². The summed E-state index contributed by atoms with van der Waals surface area (Å²) in [6, 6.07) is 21.7. The van der Waals surface area contributed by atoms with Crippen molar-refractivity contribution in [2.24, 2.45) is 11.8 Å². The van der Waals surface area contributed by atoms with Gasteiger partial charge in [0.1, 0.15) is 6.10 Å². The lowest BCUT2D eigenvalue weighted by atomic mass is 9.76. The highest BCUT2D eigenvalue weighted by molar-refractivity contribution is 6.99. The molecule has 39 heavy (non-hydrogen) atoms. The van der Waals surface area contributed by atoms with Gasteiger partial charge in [-0.25, -0.2) is 0 Å². The fraction of sp³-hybridized carbons (Fsp3) is 0.636. The van der Waals surface area contributed by atoms with E-state index in [0.29, 0.717) is 18.4 Å². The SMILES string of the molecule is C[C@@H]1[C@H](CC[C@@H]2C[C@H](CCO[Si](c3ccccc3)(c3ccccc3)C(C)(C)C)OC(C)(C)O2)C[C@H](O)[C@@H]2O[C@H]12. The number of rotatable bonds is 9. The molecular formula is C33H48O5Si. The van der Waals surface area contributed by atoms with Crippen LogP contribution in [0.4, 0.5) is 0 Å². The number of benzene rings is 2. The maximum absolute atomic E-state index is 10.4. The van der Waals surface area contributed by atoms with E-state index in [1.165, 1.54) is 10.4 Å². The van der Waals surface area contributed by atoms with Gasteiger partial charge in [-0.15, -0.1) is 0 Å². The Morgan fingerprint density at radius 2 is 1.41 bits per heavy atom. The summed E-state index contributed by atoms with van der Waals surface area (Å²) in [5.74, 6) is 0.366. The molecular weight excluding hydrogens is 504 g/mol. The lowest BCUT2D eigenvalue weighted by Gasteiger charge is -2.44. The fourth-order valence-electron chi connectivity index (χ4n) is 7.26. The number of aliphatic hydroxyl groups excluding tert-OH is 1. The van der Waals surface area contributed by atoms with Crippen LogP contribution in [0.1, 0.15) is 73.6 Å². The van der Waals surface area contributed by atoms with Crippen LogP contribution in [0.5, 0.6) is 0 Å². The average molecular weight is 553 g/mol. The topological polar surface area (TPSA) is 60.5 Å². The van der Waals surface area contributed by atoms with Crippen molar-refractivity contribution in [2.75, 3.05) is 6.61 Å². The maximum atomic E-state index is 10.4. The summed E-state index contributed by atoms with van der Waals surface area (Å²) in [7, 11) is -2.56. The Balaban J connectivity index is 1.26. The number of fused-ring (bicyclic) bond motifs is 1. The van der Waals surface area contributed by atoms with Crippen LogP contribution in [0.3, 0.4) is 0 Å². The first-order valence-corrected chi connectivity index (χ1v) is 16.9. The van der Waals surface area contributed by atoms with E-state index in [1.807, 2.05) is 13.8 Å². The van der Waals surface area contributed by atoms with Crippen molar-refractivity contribution in [3.05, 3.63) is 60.7 Å². The predicted molar refractivity (Wildman–Crippen MR) is 158 cm³/mol. The number of epoxide rings is 1. The highest BCUT2D eigenvalue weighted by atomic mass is 28.4. The molecule has 3 aliphatic rings. The Labute approximate surface area is 236 Å². The van der Waals surface area contributed by atoms with Gasteiger partial charge >= 0.3 is 0 Å². The molecule has 0 aromatic heterocycles. The minimum Gasteiger partial charge on any atom is -0.407 e. The van der Waals surface area contributed by atoms with Crippen LogP contribution in [0.2, 0.25) is 5.04 Å². The fourth-order valence-corrected chi connectivity index (χ4v) is 11.8. The normalized spacial score (nSPS) is 32.4. The van der Waals surface area contributed by atoms with Gasteiger partial charge in [0.2, 0.25) is 0 Å². The molecule has 2 saturated heterocycles. The lowest BCUT2D eigenvalue weighted by Crippen LogP contribution is -2.66. The summed E-state index contributed by atoms with van der Waals surface area (Å²) in [5, 5.41) is 12.9. The third-order valence-corrected chi connectivity index (χ3v) is 14.3. The Kier molecular flexibility index (Phi) is 8.45. The molecule has 0 unspecified atom stereocenters. The predicted octanol–water partition coefficient (Wildman–Crippen LogP) is 5.43. The lowest BCUT2D eigenvalue weighted by molar-refractivity contribution is -0.302. The van der Waals surface area contributed by atoms with Gasteiger partial charge in [-0.3, -0.25) is 0 Å². The quantitative estimate of drug-likeness (QED) is 0.332. The van der Waals surface area contributed by atoms with Crippen LogP contribution in [0.25, 0.3) is 0 Å². The second-order valence-corrected chi connectivity index (χ2v) is 17.8. The Morgan fingerprint density at radius 1 is 0.846 bits per heavy atom. The largest absolute Gasteiger partial charge is 0.407 e. The molecule has 0 bridgehead atoms. The van der Waals surface area contributed by atoms with Crippen LogP contribution in [0, 0.1) is 11.8 Å². The van der Waals surface area contributed by atoms with E-state index in [4.69, 9.17) is 18.6 Å². The van der Waals surface area contributed by atoms with Gasteiger partial charge in [0.05, 0.1) is 24.4 Å². The van der Waals surface area contributed by atoms with Crippen molar-refractivity contribution in [1.29, 1.82) is 0 Å². The summed E-state index contributed by atoms with van der Waals surface area (Å²) < 4.78 is 25.7. The van der Waals surface area contributed by atoms with Crippen molar-refractivity contribution in [3.8, 4) is 0 Å². The number of aliphatic hydroxyl groups is 1. The Bertz CT molecular complexity index is 1030. The van der Waals surface area contributed by atoms with Gasteiger partial charge in [0.15, 0.2) is 5.79 Å². The van der Waals surface area contributed by atoms with Crippen LogP contribution < -0.4 is 10.4 Å². The van der Waals surface area contributed by atoms with Crippen molar-refractivity contribution >= 4 is 18.7 Å². The number of hydrogen-bond acceptors (Lipinski definition) is 5. The van der Waals surface area contributed by atoms with E-state index in [1.54, 1.807) is 0 Å². The molecule has 0 spiro atoms. The zero-order chi connectivity index (χ0) is 27.8. The molecule has 5 rings (SSSR count). The van der Waals surface area contributed by atoms with Crippen LogP contribution in [-0.4, -0.2) is 56.3 Å². The molecule has 1 aliphatic carbocycles. The molecule has 214 valence electrons. The highest BCUT2D eigenvalue weighted by Crippen LogP contribution is 2.46. The summed E-state index contributed by atoms with van der Waals surface area (Å²) in [6.45, 7) is 14.0. The molecule has 2 aromatic carbocycles. The first-order chi connectivity index (χ1) is 18.5. The van der Waals surface area contributed by atoms with Gasteiger partial charge in [0.25, 0.3) is 8.32 Å². The molecule has 2 aliphatic heterocycles. The minimum atomic E-state index is -2.56. The van der Waals surface area contributed by atoms with Crippen molar-refractivity contribution in [1.82, 2.24) is 0 Å². The summed E-state index contributed by atoms with van der Waals surface area (Å²) >= 11 is 0. The molecule has 3 fully saturated rings. The third-order valence-electron chi connectivity index (χ3n) is 9.21. The second-order valence-electron chi connectivity index (χ2n) is 13.5. The molecule has 0 amide bonds. The molecule has 2 heterocycles. The van der Waals surface area contributed by atoms with Gasteiger partial charge in [-0.05, 0) is 66.8 Å². The molecule has 1 saturated carbocycles. The average Bonchev–Trinajstić information content (AvgIpc) is 3.70. The molecule has 2 aromatic rings. The Morgan fingerprint density at radius 3 is 1.97 bits per heavy atom. The molecule has 7 atom stereocenters. The van der Waals surface area contributed by atoms with E-state index in [9.17, 15) is 5.11 Å². The smallest absolute Gasteiger partial charge is 0.261 e. The highest BCUT2D eigenvalue weighted by Gasteiger charge is 2.54. The van der Waals surface area contributed by atoms with Crippen LogP contribution in [0.15, 0.2) is 60.7 Å². The monoisotopic (exact) mass is 552 g/mol. The van der Waals surface area contributed by atoms with Crippen molar-refractivity contribution in [2.45, 2.75) is 115 Å². The van der Waals surface area contributed by atoms with Gasteiger partial charge < -0.3 is 23.7 Å². The van der Waals surface area contributed by atoms with Gasteiger partial charge in [-0.1, -0.05) is 88.4 Å². The second kappa shape index (κ2) is 11.4. The van der Waals surface area contributed by atoms with Gasteiger partial charge in [-0.2, -0.15) is 0 Å². The van der Waals surface area contributed by atoms with E-state index in [2.05, 4.69) is 88.4 Å². The van der Waals surface area contributed by atoms with E-state index in [-0.39, 0.29) is 35.6 Å². The van der Waals surface area contributed by atoms with Crippen LogP contribution in [-0.2, 0) is 18.6 Å². The third kappa shape index (κ3) is 6.21. The zero-order valence-electron chi connectivity index (χ0n) is 24.6. The standard InChI is InChI=1S/C33H48O5Si/c1-23-24(21-29(34)31-30(23)36-31)17-18-25-22-26(38-33(5,6)37-25)19-20-35-39(32(2,3)4,27-13-9-7-10-14-27)28-15-11-8-12-16-28/h7-16,23-26,29-31,34H,17-22H2,1-6H3/t23-,24-,25-,26+,29+,30-,31+/m1/s1. The van der Waals surface area contributed by atoms with E-state index < -0.39 is 14.1 Å².